The van der Waals surface area contributed by atoms with Crippen LogP contribution in [0.25, 0.3) is 11.0 Å². The Morgan fingerprint density at radius 2 is 1.85 bits per heavy atom. The minimum absolute atomic E-state index is 0.265. The Labute approximate surface area is 153 Å². The zero-order chi connectivity index (χ0) is 18.7. The van der Waals surface area contributed by atoms with Crippen molar-refractivity contribution in [2.24, 2.45) is 0 Å². The van der Waals surface area contributed by atoms with Gasteiger partial charge in [-0.2, -0.15) is 0 Å². The number of aromatic nitrogens is 2. The molecule has 1 N–H and O–H groups in total. The summed E-state index contributed by atoms with van der Waals surface area (Å²) in [4.78, 5) is 4.61. The van der Waals surface area contributed by atoms with Crippen molar-refractivity contribution in [1.82, 2.24) is 14.3 Å². The summed E-state index contributed by atoms with van der Waals surface area (Å²) >= 11 is 0. The maximum absolute atomic E-state index is 12.5. The van der Waals surface area contributed by atoms with E-state index in [0.717, 1.165) is 27.9 Å². The molecule has 1 aromatic heterocycles. The van der Waals surface area contributed by atoms with Gasteiger partial charge < -0.3 is 9.30 Å². The molecule has 0 unspecified atom stereocenters. The quantitative estimate of drug-likeness (QED) is 0.646. The monoisotopic (exact) mass is 373 g/mol. The SMILES string of the molecule is COc1c(C)cc(S(=O)(=O)NCCCn2cnc3ccccc32)cc1C. The Kier molecular flexibility index (Phi) is 5.29. The van der Waals surface area contributed by atoms with Crippen LogP contribution in [-0.4, -0.2) is 31.6 Å². The van der Waals surface area contributed by atoms with Crippen molar-refractivity contribution < 1.29 is 13.2 Å². The molecule has 0 aliphatic carbocycles. The van der Waals surface area contributed by atoms with E-state index < -0.39 is 10.0 Å². The molecule has 0 amide bonds. The van der Waals surface area contributed by atoms with Gasteiger partial charge in [0.1, 0.15) is 5.75 Å². The molecule has 0 aliphatic heterocycles. The normalized spacial score (nSPS) is 11.8. The first-order chi connectivity index (χ1) is 12.4. The molecule has 0 spiro atoms. The number of rotatable bonds is 7. The van der Waals surface area contributed by atoms with Crippen molar-refractivity contribution >= 4 is 21.1 Å². The lowest BCUT2D eigenvalue weighted by Gasteiger charge is -2.12. The van der Waals surface area contributed by atoms with E-state index in [9.17, 15) is 8.42 Å². The summed E-state index contributed by atoms with van der Waals surface area (Å²) in [6, 6.07) is 11.2. The molecule has 3 aromatic rings. The fraction of sp³-hybridized carbons (Fsp3) is 0.316. The maximum Gasteiger partial charge on any atom is 0.240 e. The van der Waals surface area contributed by atoms with Gasteiger partial charge in [-0.1, -0.05) is 12.1 Å². The predicted octanol–water partition coefficient (Wildman–Crippen LogP) is 3.03. The Morgan fingerprint density at radius 1 is 1.15 bits per heavy atom. The second-order valence-corrected chi connectivity index (χ2v) is 8.04. The lowest BCUT2D eigenvalue weighted by Crippen LogP contribution is -2.25. The molecule has 1 heterocycles. The van der Waals surface area contributed by atoms with Gasteiger partial charge in [0.05, 0.1) is 29.4 Å². The number of methoxy groups -OCH3 is 1. The molecule has 138 valence electrons. The number of imidazole rings is 1. The van der Waals surface area contributed by atoms with Gasteiger partial charge in [0.25, 0.3) is 0 Å². The minimum atomic E-state index is -3.54. The fourth-order valence-electron chi connectivity index (χ4n) is 3.12. The Morgan fingerprint density at radius 3 is 2.54 bits per heavy atom. The van der Waals surface area contributed by atoms with Crippen molar-refractivity contribution in [1.29, 1.82) is 0 Å². The van der Waals surface area contributed by atoms with E-state index in [1.807, 2.05) is 42.7 Å². The molecule has 26 heavy (non-hydrogen) atoms. The van der Waals surface area contributed by atoms with Crippen LogP contribution in [0.3, 0.4) is 0 Å². The van der Waals surface area contributed by atoms with Crippen LogP contribution >= 0.6 is 0 Å². The van der Waals surface area contributed by atoms with Crippen molar-refractivity contribution in [2.45, 2.75) is 31.7 Å². The Balaban J connectivity index is 1.64. The number of hydrogen-bond acceptors (Lipinski definition) is 4. The number of ether oxygens (including phenoxy) is 1. The number of nitrogens with one attached hydrogen (secondary N) is 1. The molecule has 0 saturated carbocycles. The van der Waals surface area contributed by atoms with Gasteiger partial charge in [-0.15, -0.1) is 0 Å². The van der Waals surface area contributed by atoms with Crippen LogP contribution in [0.1, 0.15) is 17.5 Å². The van der Waals surface area contributed by atoms with Crippen molar-refractivity contribution in [2.75, 3.05) is 13.7 Å². The van der Waals surface area contributed by atoms with Gasteiger partial charge >= 0.3 is 0 Å². The largest absolute Gasteiger partial charge is 0.496 e. The zero-order valence-corrected chi connectivity index (χ0v) is 16.0. The van der Waals surface area contributed by atoms with Gasteiger partial charge in [-0.05, 0) is 55.7 Å². The number of sulfonamides is 1. The van der Waals surface area contributed by atoms with Crippen LogP contribution in [0.2, 0.25) is 0 Å². The average Bonchev–Trinajstić information content (AvgIpc) is 3.02. The van der Waals surface area contributed by atoms with Crippen LogP contribution in [0.4, 0.5) is 0 Å². The Bertz CT molecular complexity index is 1000. The number of aryl methyl sites for hydroxylation is 3. The van der Waals surface area contributed by atoms with Crippen LogP contribution < -0.4 is 9.46 Å². The maximum atomic E-state index is 12.5. The number of fused-ring (bicyclic) bond motifs is 1. The topological polar surface area (TPSA) is 73.2 Å². The van der Waals surface area contributed by atoms with Crippen molar-refractivity contribution in [3.8, 4) is 5.75 Å². The second kappa shape index (κ2) is 7.47. The van der Waals surface area contributed by atoms with Gasteiger partial charge in [0, 0.05) is 13.1 Å². The zero-order valence-electron chi connectivity index (χ0n) is 15.2. The summed E-state index contributed by atoms with van der Waals surface area (Å²) in [6.07, 6.45) is 2.46. The molecule has 3 rings (SSSR count). The third-order valence-corrected chi connectivity index (χ3v) is 5.78. The highest BCUT2D eigenvalue weighted by Crippen LogP contribution is 2.26. The van der Waals surface area contributed by atoms with Gasteiger partial charge in [0.2, 0.25) is 10.0 Å². The van der Waals surface area contributed by atoms with Gasteiger partial charge in [0.15, 0.2) is 0 Å². The summed E-state index contributed by atoms with van der Waals surface area (Å²) in [5.74, 6) is 0.718. The highest BCUT2D eigenvalue weighted by molar-refractivity contribution is 7.89. The minimum Gasteiger partial charge on any atom is -0.496 e. The number of benzene rings is 2. The summed E-state index contributed by atoms with van der Waals surface area (Å²) in [7, 11) is -1.96. The molecular weight excluding hydrogens is 350 g/mol. The third-order valence-electron chi connectivity index (χ3n) is 4.34. The van der Waals surface area contributed by atoms with E-state index >= 15 is 0 Å². The van der Waals surface area contributed by atoms with E-state index in [-0.39, 0.29) is 4.90 Å². The average molecular weight is 373 g/mol. The first-order valence-corrected chi connectivity index (χ1v) is 9.95. The van der Waals surface area contributed by atoms with E-state index in [1.165, 1.54) is 0 Å². The van der Waals surface area contributed by atoms with Crippen molar-refractivity contribution in [3.63, 3.8) is 0 Å². The Hall–Kier alpha value is -2.38. The van der Waals surface area contributed by atoms with E-state index in [4.69, 9.17) is 4.74 Å². The highest BCUT2D eigenvalue weighted by Gasteiger charge is 2.16. The molecule has 0 radical (unpaired) electrons. The van der Waals surface area contributed by atoms with E-state index in [1.54, 1.807) is 25.6 Å². The fourth-order valence-corrected chi connectivity index (χ4v) is 4.36. The van der Waals surface area contributed by atoms with E-state index in [0.29, 0.717) is 19.5 Å². The number of hydrogen-bond donors (Lipinski definition) is 1. The molecule has 0 aliphatic rings. The van der Waals surface area contributed by atoms with Crippen LogP contribution in [-0.2, 0) is 16.6 Å². The highest BCUT2D eigenvalue weighted by atomic mass is 32.2. The first kappa shape index (κ1) is 18.4. The predicted molar refractivity (Wildman–Crippen MR) is 102 cm³/mol. The van der Waals surface area contributed by atoms with Crippen LogP contribution in [0.15, 0.2) is 47.6 Å². The molecule has 2 aromatic carbocycles. The lowest BCUT2D eigenvalue weighted by atomic mass is 10.1. The van der Waals surface area contributed by atoms with E-state index in [2.05, 4.69) is 9.71 Å². The van der Waals surface area contributed by atoms with Gasteiger partial charge in [-0.3, -0.25) is 0 Å². The molecular formula is C19H23N3O3S. The van der Waals surface area contributed by atoms with Gasteiger partial charge in [-0.25, -0.2) is 18.1 Å². The first-order valence-electron chi connectivity index (χ1n) is 8.47. The van der Waals surface area contributed by atoms with Crippen LogP contribution in [0, 0.1) is 13.8 Å². The third kappa shape index (κ3) is 3.73. The molecule has 0 bridgehead atoms. The standard InChI is InChI=1S/C19H23N3O3S/c1-14-11-16(12-15(2)19(14)25-3)26(23,24)21-9-6-10-22-13-20-17-7-4-5-8-18(17)22/h4-5,7-8,11-13,21H,6,9-10H2,1-3H3. The molecule has 0 atom stereocenters. The summed E-state index contributed by atoms with van der Waals surface area (Å²) in [5.41, 5.74) is 3.60. The number of para-hydroxylation sites is 2. The van der Waals surface area contributed by atoms with Crippen molar-refractivity contribution in [3.05, 3.63) is 53.9 Å². The smallest absolute Gasteiger partial charge is 0.240 e. The summed E-state index contributed by atoms with van der Waals surface area (Å²) < 4.78 is 35.1. The molecule has 6 nitrogen and oxygen atoms in total. The summed E-state index contributed by atoms with van der Waals surface area (Å²) in [5, 5.41) is 0. The van der Waals surface area contributed by atoms with Crippen LogP contribution in [0.5, 0.6) is 5.75 Å². The lowest BCUT2D eigenvalue weighted by molar-refractivity contribution is 0.408. The molecule has 7 heteroatoms. The second-order valence-electron chi connectivity index (χ2n) is 6.27. The number of nitrogens with zero attached hydrogens (tertiary/aromatic N) is 2. The molecule has 0 fully saturated rings. The molecule has 0 saturated heterocycles. The summed E-state index contributed by atoms with van der Waals surface area (Å²) in [6.45, 7) is 4.74.